The summed E-state index contributed by atoms with van der Waals surface area (Å²) < 4.78 is 0. The smallest absolute Gasteiger partial charge is 0.129 e. The van der Waals surface area contributed by atoms with Crippen LogP contribution in [-0.2, 0) is 0 Å². The maximum absolute atomic E-state index is 5.51. The Labute approximate surface area is 66.9 Å². The summed E-state index contributed by atoms with van der Waals surface area (Å²) in [5.74, 6) is 0. The number of pyridine rings is 1. The summed E-state index contributed by atoms with van der Waals surface area (Å²) in [5.41, 5.74) is 0. The number of hydrogen-bond acceptors (Lipinski definition) is 2. The highest BCUT2D eigenvalue weighted by Crippen LogP contribution is 2.21. The molecule has 0 unspecified atom stereocenters. The first-order valence-electron chi connectivity index (χ1n) is 2.23. The maximum Gasteiger partial charge on any atom is 0.129 e. The average Bonchev–Trinajstić information content (AvgIpc) is 1.90. The van der Waals surface area contributed by atoms with E-state index in [1.807, 2.05) is 6.07 Å². The number of nitrogens with zero attached hydrogens (tertiary/aromatic N) is 1. The summed E-state index contributed by atoms with van der Waals surface area (Å²) in [6, 6.07) is 3.51. The Morgan fingerprint density at radius 2 is 2.22 bits per heavy atom. The molecule has 0 fully saturated rings. The summed E-state index contributed by atoms with van der Waals surface area (Å²) in [6.07, 6.45) is 1.62. The van der Waals surface area contributed by atoms with Gasteiger partial charge in [-0.2, -0.15) is 0 Å². The van der Waals surface area contributed by atoms with Crippen LogP contribution >= 0.6 is 33.3 Å². The van der Waals surface area contributed by atoms with Gasteiger partial charge in [0.25, 0.3) is 0 Å². The van der Waals surface area contributed by atoms with Gasteiger partial charge < -0.3 is 0 Å². The summed E-state index contributed by atoms with van der Waals surface area (Å²) in [5, 5.41) is 0.490. The minimum atomic E-state index is 0.490. The molecule has 0 radical (unpaired) electrons. The fourth-order valence-corrected chi connectivity index (χ4v) is 1.01. The van der Waals surface area contributed by atoms with Gasteiger partial charge in [0, 0.05) is 11.1 Å². The van der Waals surface area contributed by atoms with Crippen LogP contribution in [0.25, 0.3) is 0 Å². The first-order chi connectivity index (χ1) is 4.33. The molecule has 1 heterocycles. The van der Waals surface area contributed by atoms with E-state index in [0.717, 1.165) is 15.9 Å². The molecule has 0 aliphatic heterocycles. The van der Waals surface area contributed by atoms with Crippen molar-refractivity contribution in [3.05, 3.63) is 23.5 Å². The molecule has 1 rings (SSSR count). The largest absolute Gasteiger partial charge is 0.243 e. The number of hydrogen-bond donors (Lipinski definition) is 0. The zero-order chi connectivity index (χ0) is 6.69. The van der Waals surface area contributed by atoms with Gasteiger partial charge in [0.05, 0.1) is 0 Å². The Bertz CT molecular complexity index is 187. The van der Waals surface area contributed by atoms with Crippen LogP contribution in [0.5, 0.6) is 0 Å². The summed E-state index contributed by atoms with van der Waals surface area (Å²) in [6.45, 7) is 0. The van der Waals surface area contributed by atoms with Gasteiger partial charge in [-0.15, -0.1) is 0 Å². The van der Waals surface area contributed by atoms with Crippen molar-refractivity contribution in [1.29, 1.82) is 0 Å². The Balaban J connectivity index is 2.88. The molecule has 0 aliphatic carbocycles. The molecule has 0 bridgehead atoms. The molecule has 0 N–H and O–H groups in total. The molecular formula is C5H3Cl2NS. The van der Waals surface area contributed by atoms with E-state index in [4.69, 9.17) is 22.3 Å². The van der Waals surface area contributed by atoms with Crippen molar-refractivity contribution < 1.29 is 0 Å². The molecule has 1 nitrogen and oxygen atoms in total. The average molecular weight is 180 g/mol. The molecule has 0 amide bonds. The van der Waals surface area contributed by atoms with Crippen LogP contribution in [0.3, 0.4) is 0 Å². The van der Waals surface area contributed by atoms with Crippen molar-refractivity contribution in [2.24, 2.45) is 0 Å². The van der Waals surface area contributed by atoms with E-state index in [1.165, 1.54) is 0 Å². The monoisotopic (exact) mass is 179 g/mol. The summed E-state index contributed by atoms with van der Waals surface area (Å²) in [4.78, 5) is 4.71. The fourth-order valence-electron chi connectivity index (χ4n) is 0.408. The molecule has 0 saturated heterocycles. The van der Waals surface area contributed by atoms with Gasteiger partial charge in [-0.1, -0.05) is 11.6 Å². The van der Waals surface area contributed by atoms with Crippen LogP contribution in [0.2, 0.25) is 5.15 Å². The van der Waals surface area contributed by atoms with Crippen molar-refractivity contribution in [1.82, 2.24) is 4.98 Å². The van der Waals surface area contributed by atoms with E-state index < -0.39 is 0 Å². The molecule has 0 atom stereocenters. The molecular weight excluding hydrogens is 177 g/mol. The minimum Gasteiger partial charge on any atom is -0.243 e. The fraction of sp³-hybridized carbons (Fsp3) is 0. The lowest BCUT2D eigenvalue weighted by molar-refractivity contribution is 1.24. The number of aromatic nitrogens is 1. The molecule has 0 aliphatic rings. The third kappa shape index (κ3) is 2.05. The quantitative estimate of drug-likeness (QED) is 0.616. The van der Waals surface area contributed by atoms with Crippen LogP contribution in [0.4, 0.5) is 0 Å². The Kier molecular flexibility index (Phi) is 2.64. The second-order valence-corrected chi connectivity index (χ2v) is 2.87. The van der Waals surface area contributed by atoms with Gasteiger partial charge in [-0.25, -0.2) is 4.98 Å². The third-order valence-corrected chi connectivity index (χ3v) is 1.97. The van der Waals surface area contributed by atoms with Crippen LogP contribution in [0.1, 0.15) is 0 Å². The van der Waals surface area contributed by atoms with E-state index in [9.17, 15) is 0 Å². The zero-order valence-electron chi connectivity index (χ0n) is 4.34. The third-order valence-electron chi connectivity index (χ3n) is 0.789. The lowest BCUT2D eigenvalue weighted by Crippen LogP contribution is -1.72. The van der Waals surface area contributed by atoms with E-state index >= 15 is 0 Å². The number of rotatable bonds is 1. The normalized spacial score (nSPS) is 9.56. The predicted molar refractivity (Wildman–Crippen MR) is 41.0 cm³/mol. The van der Waals surface area contributed by atoms with E-state index in [2.05, 4.69) is 4.98 Å². The Morgan fingerprint density at radius 1 is 1.44 bits per heavy atom. The standard InChI is InChI=1S/C5H3Cl2NS/c6-5-2-1-4(9-7)3-8-5/h1-3H. The lowest BCUT2D eigenvalue weighted by Gasteiger charge is -1.90. The van der Waals surface area contributed by atoms with Gasteiger partial charge in [-0.3, -0.25) is 0 Å². The second kappa shape index (κ2) is 3.30. The van der Waals surface area contributed by atoms with Crippen LogP contribution in [0, 0.1) is 0 Å². The van der Waals surface area contributed by atoms with Gasteiger partial charge in [0.1, 0.15) is 5.15 Å². The van der Waals surface area contributed by atoms with Crippen LogP contribution < -0.4 is 0 Å². The highest BCUT2D eigenvalue weighted by Gasteiger charge is 1.89. The lowest BCUT2D eigenvalue weighted by atomic mass is 10.5. The van der Waals surface area contributed by atoms with Crippen molar-refractivity contribution >= 4 is 33.3 Å². The highest BCUT2D eigenvalue weighted by atomic mass is 35.7. The van der Waals surface area contributed by atoms with Crippen molar-refractivity contribution in [2.75, 3.05) is 0 Å². The van der Waals surface area contributed by atoms with Gasteiger partial charge in [0.15, 0.2) is 0 Å². The topological polar surface area (TPSA) is 12.9 Å². The maximum atomic E-state index is 5.51. The highest BCUT2D eigenvalue weighted by molar-refractivity contribution is 8.21. The number of halogens is 2. The van der Waals surface area contributed by atoms with Crippen LogP contribution in [0.15, 0.2) is 23.2 Å². The SMILES string of the molecule is ClSc1ccc(Cl)nc1. The molecule has 9 heavy (non-hydrogen) atoms. The van der Waals surface area contributed by atoms with E-state index in [-0.39, 0.29) is 0 Å². The van der Waals surface area contributed by atoms with Crippen molar-refractivity contribution in [2.45, 2.75) is 4.90 Å². The second-order valence-electron chi connectivity index (χ2n) is 1.39. The molecule has 0 spiro atoms. The van der Waals surface area contributed by atoms with Crippen molar-refractivity contribution in [3.63, 3.8) is 0 Å². The van der Waals surface area contributed by atoms with E-state index in [0.29, 0.717) is 5.15 Å². The summed E-state index contributed by atoms with van der Waals surface area (Å²) >= 11 is 5.51. The van der Waals surface area contributed by atoms with Gasteiger partial charge >= 0.3 is 0 Å². The molecule has 4 heteroatoms. The molecule has 1 aromatic rings. The Morgan fingerprint density at radius 3 is 2.67 bits per heavy atom. The molecule has 0 aromatic carbocycles. The minimum absolute atomic E-state index is 0.490. The van der Waals surface area contributed by atoms with E-state index in [1.54, 1.807) is 12.3 Å². The zero-order valence-corrected chi connectivity index (χ0v) is 6.67. The molecule has 48 valence electrons. The van der Waals surface area contributed by atoms with Crippen molar-refractivity contribution in [3.8, 4) is 0 Å². The van der Waals surface area contributed by atoms with Gasteiger partial charge in [-0.05, 0) is 33.8 Å². The first kappa shape index (κ1) is 7.19. The van der Waals surface area contributed by atoms with Crippen LogP contribution in [-0.4, -0.2) is 4.98 Å². The van der Waals surface area contributed by atoms with Gasteiger partial charge in [0.2, 0.25) is 0 Å². The Hall–Kier alpha value is 0.0800. The predicted octanol–water partition coefficient (Wildman–Crippen LogP) is 2.98. The summed E-state index contributed by atoms with van der Waals surface area (Å²) in [7, 11) is 6.54. The first-order valence-corrected chi connectivity index (χ1v) is 4.25. The molecule has 0 saturated carbocycles. The molecule has 1 aromatic heterocycles.